The second kappa shape index (κ2) is 6.62. The van der Waals surface area contributed by atoms with Gasteiger partial charge in [0.1, 0.15) is 5.82 Å². The number of anilines is 1. The summed E-state index contributed by atoms with van der Waals surface area (Å²) < 4.78 is 2.20. The molecule has 4 aromatic rings. The highest BCUT2D eigenvalue weighted by Gasteiger charge is 2.18. The van der Waals surface area contributed by atoms with Crippen molar-refractivity contribution in [2.24, 2.45) is 0 Å². The molecule has 0 saturated carbocycles. The number of aromatic nitrogens is 3. The molecule has 0 bridgehead atoms. The van der Waals surface area contributed by atoms with Gasteiger partial charge in [-0.2, -0.15) is 5.26 Å². The molecule has 6 heteroatoms. The molecule has 0 aliphatic heterocycles. The fourth-order valence-electron chi connectivity index (χ4n) is 3.22. The molecule has 0 unspecified atom stereocenters. The molecule has 0 aliphatic rings. The summed E-state index contributed by atoms with van der Waals surface area (Å²) in [4.78, 5) is 9.19. The van der Waals surface area contributed by atoms with Crippen LogP contribution in [0.15, 0.2) is 53.9 Å². The molecule has 0 saturated heterocycles. The number of hydrogen-bond donors (Lipinski definition) is 1. The van der Waals surface area contributed by atoms with Gasteiger partial charge in [0, 0.05) is 11.8 Å². The minimum Gasteiger partial charge on any atom is -0.375 e. The van der Waals surface area contributed by atoms with Crippen LogP contribution in [0.1, 0.15) is 35.6 Å². The van der Waals surface area contributed by atoms with Gasteiger partial charge in [-0.25, -0.2) is 9.97 Å². The maximum Gasteiger partial charge on any atom is 0.180 e. The number of thiazole rings is 1. The Morgan fingerprint density at radius 2 is 2.00 bits per heavy atom. The van der Waals surface area contributed by atoms with E-state index in [1.54, 1.807) is 6.07 Å². The van der Waals surface area contributed by atoms with E-state index < -0.39 is 0 Å². The third-order valence-corrected chi connectivity index (χ3v) is 5.19. The first-order chi connectivity index (χ1) is 12.7. The average molecular weight is 359 g/mol. The lowest BCUT2D eigenvalue weighted by Crippen LogP contribution is -2.11. The van der Waals surface area contributed by atoms with E-state index in [1.165, 1.54) is 16.9 Å². The maximum absolute atomic E-state index is 9.29. The summed E-state index contributed by atoms with van der Waals surface area (Å²) >= 11 is 1.43. The Hall–Kier alpha value is -3.17. The largest absolute Gasteiger partial charge is 0.375 e. The van der Waals surface area contributed by atoms with Gasteiger partial charge >= 0.3 is 0 Å². The summed E-state index contributed by atoms with van der Waals surface area (Å²) in [6, 6.07) is 18.2. The van der Waals surface area contributed by atoms with Crippen LogP contribution in [0.3, 0.4) is 0 Å². The van der Waals surface area contributed by atoms with Gasteiger partial charge in [-0.3, -0.25) is 0 Å². The fraction of sp³-hybridized carbons (Fsp3) is 0.150. The molecule has 0 fully saturated rings. The predicted molar refractivity (Wildman–Crippen MR) is 104 cm³/mol. The van der Waals surface area contributed by atoms with Gasteiger partial charge in [0.25, 0.3) is 0 Å². The van der Waals surface area contributed by atoms with Crippen molar-refractivity contribution < 1.29 is 0 Å². The summed E-state index contributed by atoms with van der Waals surface area (Å²) in [7, 11) is 0. The lowest BCUT2D eigenvalue weighted by atomic mass is 10.1. The number of fused-ring (bicyclic) bond motifs is 1. The van der Waals surface area contributed by atoms with Crippen molar-refractivity contribution in [3.63, 3.8) is 0 Å². The van der Waals surface area contributed by atoms with Crippen molar-refractivity contribution >= 4 is 27.5 Å². The van der Waals surface area contributed by atoms with Crippen LogP contribution < -0.4 is 5.73 Å². The molecule has 5 nitrogen and oxygen atoms in total. The van der Waals surface area contributed by atoms with E-state index in [4.69, 9.17) is 10.7 Å². The first-order valence-corrected chi connectivity index (χ1v) is 9.19. The molecule has 2 aromatic heterocycles. The normalized spacial score (nSPS) is 12.2. The summed E-state index contributed by atoms with van der Waals surface area (Å²) in [5.74, 6) is 0.914. The van der Waals surface area contributed by atoms with Gasteiger partial charge in [0.05, 0.1) is 34.4 Å². The topological polar surface area (TPSA) is 80.5 Å². The van der Waals surface area contributed by atoms with Gasteiger partial charge in [-0.15, -0.1) is 11.3 Å². The molecule has 0 aliphatic carbocycles. The van der Waals surface area contributed by atoms with Crippen molar-refractivity contribution in [3.8, 4) is 6.07 Å². The lowest BCUT2D eigenvalue weighted by Gasteiger charge is -2.18. The number of nitrogens with zero attached hydrogens (tertiary/aromatic N) is 4. The Kier molecular flexibility index (Phi) is 4.15. The van der Waals surface area contributed by atoms with Gasteiger partial charge in [0.2, 0.25) is 0 Å². The number of benzene rings is 2. The summed E-state index contributed by atoms with van der Waals surface area (Å²) in [5, 5.41) is 11.8. The lowest BCUT2D eigenvalue weighted by molar-refractivity contribution is 0.626. The van der Waals surface area contributed by atoms with Crippen LogP contribution in [0.2, 0.25) is 0 Å². The molecule has 2 aromatic carbocycles. The van der Waals surface area contributed by atoms with Crippen LogP contribution in [0.5, 0.6) is 0 Å². The van der Waals surface area contributed by atoms with E-state index in [9.17, 15) is 5.26 Å². The Labute approximate surface area is 155 Å². The molecule has 2 heterocycles. The molecular formula is C20H17N5S. The second-order valence-corrected chi connectivity index (χ2v) is 7.04. The van der Waals surface area contributed by atoms with E-state index in [1.807, 2.05) is 35.7 Å². The van der Waals surface area contributed by atoms with Gasteiger partial charge < -0.3 is 10.3 Å². The standard InChI is InChI=1S/C20H17N5S/c1-13(15-5-3-2-4-6-15)25-18-9-14(11-21)7-8-17(18)24-19(25)10-16-12-26-20(22)23-16/h2-9,12-13H,10H2,1H3,(H2,22,23)/t13-/m0/s1. The van der Waals surface area contributed by atoms with E-state index in [0.29, 0.717) is 17.1 Å². The van der Waals surface area contributed by atoms with Crippen LogP contribution in [-0.4, -0.2) is 14.5 Å². The SMILES string of the molecule is C[C@@H](c1ccccc1)n1c(Cc2csc(N)n2)nc2ccc(C#N)cc21. The average Bonchev–Trinajstić information content (AvgIpc) is 3.24. The van der Waals surface area contributed by atoms with Gasteiger partial charge in [0.15, 0.2) is 5.13 Å². The zero-order chi connectivity index (χ0) is 18.1. The quantitative estimate of drug-likeness (QED) is 0.593. The summed E-state index contributed by atoms with van der Waals surface area (Å²) in [6.45, 7) is 2.15. The third-order valence-electron chi connectivity index (χ3n) is 4.47. The van der Waals surface area contributed by atoms with E-state index in [-0.39, 0.29) is 6.04 Å². The molecule has 1 atom stereocenters. The van der Waals surface area contributed by atoms with Crippen LogP contribution in [0, 0.1) is 11.3 Å². The van der Waals surface area contributed by atoms with Gasteiger partial charge in [-0.1, -0.05) is 30.3 Å². The van der Waals surface area contributed by atoms with Crippen molar-refractivity contribution in [1.29, 1.82) is 5.26 Å². The molecule has 2 N–H and O–H groups in total. The summed E-state index contributed by atoms with van der Waals surface area (Å²) in [5.41, 5.74) is 10.3. The van der Waals surface area contributed by atoms with Crippen molar-refractivity contribution in [2.45, 2.75) is 19.4 Å². The van der Waals surface area contributed by atoms with Crippen molar-refractivity contribution in [1.82, 2.24) is 14.5 Å². The number of rotatable bonds is 4. The Morgan fingerprint density at radius 1 is 1.19 bits per heavy atom. The highest BCUT2D eigenvalue weighted by molar-refractivity contribution is 7.13. The minimum atomic E-state index is 0.0844. The zero-order valence-corrected chi connectivity index (χ0v) is 15.1. The third kappa shape index (κ3) is 2.93. The molecular weight excluding hydrogens is 342 g/mol. The molecule has 128 valence electrons. The Balaban J connectivity index is 1.88. The van der Waals surface area contributed by atoms with Crippen molar-refractivity contribution in [3.05, 3.63) is 76.6 Å². The Bertz CT molecular complexity index is 1100. The number of hydrogen-bond acceptors (Lipinski definition) is 5. The maximum atomic E-state index is 9.29. The summed E-state index contributed by atoms with van der Waals surface area (Å²) in [6.07, 6.45) is 0.599. The van der Waals surface area contributed by atoms with Crippen LogP contribution in [0.4, 0.5) is 5.13 Å². The number of nitrogen functional groups attached to an aromatic ring is 1. The van der Waals surface area contributed by atoms with Crippen LogP contribution >= 0.6 is 11.3 Å². The molecule has 0 amide bonds. The van der Waals surface area contributed by atoms with Crippen LogP contribution in [-0.2, 0) is 6.42 Å². The molecule has 4 rings (SSSR count). The highest BCUT2D eigenvalue weighted by atomic mass is 32.1. The highest BCUT2D eigenvalue weighted by Crippen LogP contribution is 2.28. The van der Waals surface area contributed by atoms with E-state index >= 15 is 0 Å². The number of nitrogens with two attached hydrogens (primary N) is 1. The second-order valence-electron chi connectivity index (χ2n) is 6.15. The van der Waals surface area contributed by atoms with E-state index in [2.05, 4.69) is 34.7 Å². The van der Waals surface area contributed by atoms with Crippen LogP contribution in [0.25, 0.3) is 11.0 Å². The predicted octanol–water partition coefficient (Wildman–Crippen LogP) is 4.15. The number of nitriles is 1. The van der Waals surface area contributed by atoms with Gasteiger partial charge in [-0.05, 0) is 30.7 Å². The molecule has 26 heavy (non-hydrogen) atoms. The molecule has 0 radical (unpaired) electrons. The smallest absolute Gasteiger partial charge is 0.180 e. The Morgan fingerprint density at radius 3 is 2.69 bits per heavy atom. The monoisotopic (exact) mass is 359 g/mol. The first-order valence-electron chi connectivity index (χ1n) is 8.31. The first kappa shape index (κ1) is 16.3. The minimum absolute atomic E-state index is 0.0844. The molecule has 0 spiro atoms. The fourth-order valence-corrected chi connectivity index (χ4v) is 3.78. The number of imidazole rings is 1. The zero-order valence-electron chi connectivity index (χ0n) is 14.3. The van der Waals surface area contributed by atoms with Crippen molar-refractivity contribution in [2.75, 3.05) is 5.73 Å². The van der Waals surface area contributed by atoms with E-state index in [0.717, 1.165) is 22.6 Å².